The standard InChI is InChI=1S/C25H34BrN3O4S/c1-7-19(4)27-25(31)20(5)28(15-21-10-12-22(26)13-11-21)24(30)16-29(34(6,32)33)23-14-17(2)8-9-18(23)3/h8-14,19-20H,7,15-16H2,1-6H3,(H,27,31)/t19-,20+/m0/s1. The normalized spacial score (nSPS) is 13.1. The van der Waals surface area contributed by atoms with Gasteiger partial charge in [-0.1, -0.05) is 47.1 Å². The number of amides is 2. The third kappa shape index (κ3) is 7.56. The molecule has 0 heterocycles. The third-order valence-electron chi connectivity index (χ3n) is 5.75. The van der Waals surface area contributed by atoms with Crippen molar-refractivity contribution in [2.75, 3.05) is 17.1 Å². The molecule has 7 nitrogen and oxygen atoms in total. The lowest BCUT2D eigenvalue weighted by Crippen LogP contribution is -2.52. The summed E-state index contributed by atoms with van der Waals surface area (Å²) in [6, 6.07) is 12.1. The van der Waals surface area contributed by atoms with Gasteiger partial charge in [-0.15, -0.1) is 0 Å². The molecule has 0 spiro atoms. The minimum atomic E-state index is -3.75. The summed E-state index contributed by atoms with van der Waals surface area (Å²) < 4.78 is 27.4. The number of carbonyl (C=O) groups is 2. The average Bonchev–Trinajstić information content (AvgIpc) is 2.77. The first-order valence-corrected chi connectivity index (χ1v) is 13.9. The maximum Gasteiger partial charge on any atom is 0.244 e. The van der Waals surface area contributed by atoms with E-state index in [1.807, 2.05) is 57.2 Å². The zero-order chi connectivity index (χ0) is 25.6. The lowest BCUT2D eigenvalue weighted by Gasteiger charge is -2.32. The summed E-state index contributed by atoms with van der Waals surface area (Å²) in [5, 5.41) is 2.92. The summed E-state index contributed by atoms with van der Waals surface area (Å²) in [6.07, 6.45) is 1.84. The molecule has 0 unspecified atom stereocenters. The van der Waals surface area contributed by atoms with Crippen molar-refractivity contribution in [1.29, 1.82) is 0 Å². The number of nitrogens with one attached hydrogen (secondary N) is 1. The number of halogens is 1. The van der Waals surface area contributed by atoms with Crippen LogP contribution in [0.25, 0.3) is 0 Å². The molecule has 0 saturated carbocycles. The van der Waals surface area contributed by atoms with E-state index in [4.69, 9.17) is 0 Å². The van der Waals surface area contributed by atoms with E-state index in [2.05, 4.69) is 21.2 Å². The zero-order valence-electron chi connectivity index (χ0n) is 20.6. The molecule has 0 radical (unpaired) electrons. The fraction of sp³-hybridized carbons (Fsp3) is 0.440. The highest BCUT2D eigenvalue weighted by Crippen LogP contribution is 2.24. The summed E-state index contributed by atoms with van der Waals surface area (Å²) >= 11 is 3.40. The van der Waals surface area contributed by atoms with Crippen molar-refractivity contribution in [3.63, 3.8) is 0 Å². The van der Waals surface area contributed by atoms with Crippen LogP contribution in [0.1, 0.15) is 43.9 Å². The van der Waals surface area contributed by atoms with Gasteiger partial charge < -0.3 is 10.2 Å². The van der Waals surface area contributed by atoms with Gasteiger partial charge in [-0.2, -0.15) is 0 Å². The Balaban J connectivity index is 2.42. The number of anilines is 1. The number of nitrogens with zero attached hydrogens (tertiary/aromatic N) is 2. The van der Waals surface area contributed by atoms with Crippen LogP contribution in [0.4, 0.5) is 5.69 Å². The monoisotopic (exact) mass is 551 g/mol. The number of rotatable bonds is 10. The molecule has 0 aliphatic carbocycles. The molecule has 9 heteroatoms. The Morgan fingerprint density at radius 3 is 2.24 bits per heavy atom. The second-order valence-electron chi connectivity index (χ2n) is 8.70. The van der Waals surface area contributed by atoms with Crippen molar-refractivity contribution in [3.8, 4) is 0 Å². The molecule has 0 fully saturated rings. The minimum absolute atomic E-state index is 0.0398. The van der Waals surface area contributed by atoms with E-state index in [9.17, 15) is 18.0 Å². The van der Waals surface area contributed by atoms with Gasteiger partial charge in [0.15, 0.2) is 0 Å². The number of carbonyl (C=O) groups excluding carboxylic acids is 2. The van der Waals surface area contributed by atoms with E-state index in [0.717, 1.165) is 38.1 Å². The van der Waals surface area contributed by atoms with Crippen molar-refractivity contribution < 1.29 is 18.0 Å². The Kier molecular flexibility index (Phi) is 9.70. The molecule has 2 atom stereocenters. The predicted molar refractivity (Wildman–Crippen MR) is 140 cm³/mol. The van der Waals surface area contributed by atoms with E-state index in [-0.39, 0.29) is 18.5 Å². The van der Waals surface area contributed by atoms with Crippen LogP contribution in [0.5, 0.6) is 0 Å². The zero-order valence-corrected chi connectivity index (χ0v) is 23.0. The molecule has 2 aromatic rings. The Bertz CT molecular complexity index is 1120. The first-order valence-electron chi connectivity index (χ1n) is 11.2. The Morgan fingerprint density at radius 1 is 1.06 bits per heavy atom. The van der Waals surface area contributed by atoms with Crippen LogP contribution < -0.4 is 9.62 Å². The topological polar surface area (TPSA) is 86.8 Å². The Morgan fingerprint density at radius 2 is 1.68 bits per heavy atom. The number of aryl methyl sites for hydroxylation is 2. The van der Waals surface area contributed by atoms with Gasteiger partial charge in [0.25, 0.3) is 0 Å². The van der Waals surface area contributed by atoms with Gasteiger partial charge in [-0.05, 0) is 69.0 Å². The summed E-state index contributed by atoms with van der Waals surface area (Å²) in [5.41, 5.74) is 2.91. The molecule has 2 aromatic carbocycles. The summed E-state index contributed by atoms with van der Waals surface area (Å²) in [4.78, 5) is 27.9. The van der Waals surface area contributed by atoms with Crippen LogP contribution in [0.3, 0.4) is 0 Å². The molecule has 0 bridgehead atoms. The molecule has 0 aliphatic heterocycles. The molecule has 186 valence electrons. The molecule has 2 amide bonds. The first kappa shape index (κ1) is 27.9. The van der Waals surface area contributed by atoms with Gasteiger partial charge in [0.05, 0.1) is 11.9 Å². The smallest absolute Gasteiger partial charge is 0.244 e. The van der Waals surface area contributed by atoms with Crippen molar-refractivity contribution in [3.05, 3.63) is 63.6 Å². The third-order valence-corrected chi connectivity index (χ3v) is 7.40. The average molecular weight is 553 g/mol. The van der Waals surface area contributed by atoms with Crippen molar-refractivity contribution in [1.82, 2.24) is 10.2 Å². The van der Waals surface area contributed by atoms with Crippen LogP contribution in [0, 0.1) is 13.8 Å². The molecule has 0 aliphatic rings. The van der Waals surface area contributed by atoms with Gasteiger partial charge >= 0.3 is 0 Å². The van der Waals surface area contributed by atoms with Crippen LogP contribution >= 0.6 is 15.9 Å². The summed E-state index contributed by atoms with van der Waals surface area (Å²) in [6.45, 7) is 8.97. The van der Waals surface area contributed by atoms with Crippen molar-refractivity contribution in [2.45, 2.75) is 59.7 Å². The van der Waals surface area contributed by atoms with Crippen LogP contribution in [0.2, 0.25) is 0 Å². The van der Waals surface area contributed by atoms with E-state index in [1.165, 1.54) is 4.90 Å². The van der Waals surface area contributed by atoms with Crippen LogP contribution in [-0.2, 0) is 26.2 Å². The van der Waals surface area contributed by atoms with Gasteiger partial charge in [0, 0.05) is 17.1 Å². The molecule has 0 aromatic heterocycles. The molecular formula is C25H34BrN3O4S. The Hall–Kier alpha value is -2.39. The molecule has 0 saturated heterocycles. The molecule has 2 rings (SSSR count). The molecular weight excluding hydrogens is 518 g/mol. The maximum absolute atomic E-state index is 13.6. The fourth-order valence-electron chi connectivity index (χ4n) is 3.42. The quantitative estimate of drug-likeness (QED) is 0.480. The summed E-state index contributed by atoms with van der Waals surface area (Å²) in [7, 11) is -3.75. The van der Waals surface area contributed by atoms with Crippen LogP contribution in [0.15, 0.2) is 46.9 Å². The first-order chi connectivity index (χ1) is 15.8. The highest BCUT2D eigenvalue weighted by molar-refractivity contribution is 9.10. The van der Waals surface area contributed by atoms with Crippen LogP contribution in [-0.4, -0.2) is 50.0 Å². The second-order valence-corrected chi connectivity index (χ2v) is 11.5. The second kappa shape index (κ2) is 11.8. The fourth-order valence-corrected chi connectivity index (χ4v) is 4.58. The van der Waals surface area contributed by atoms with Gasteiger partial charge in [0.2, 0.25) is 21.8 Å². The lowest BCUT2D eigenvalue weighted by molar-refractivity contribution is -0.139. The predicted octanol–water partition coefficient (Wildman–Crippen LogP) is 4.16. The maximum atomic E-state index is 13.6. The van der Waals surface area contributed by atoms with E-state index < -0.39 is 28.5 Å². The SMILES string of the molecule is CC[C@H](C)NC(=O)[C@@H](C)N(Cc1ccc(Br)cc1)C(=O)CN(c1cc(C)ccc1C)S(C)(=O)=O. The number of benzene rings is 2. The summed E-state index contributed by atoms with van der Waals surface area (Å²) in [5.74, 6) is -0.737. The van der Waals surface area contributed by atoms with Gasteiger partial charge in [0.1, 0.15) is 12.6 Å². The van der Waals surface area contributed by atoms with E-state index in [1.54, 1.807) is 19.9 Å². The van der Waals surface area contributed by atoms with Gasteiger partial charge in [-0.25, -0.2) is 8.42 Å². The minimum Gasteiger partial charge on any atom is -0.352 e. The lowest BCUT2D eigenvalue weighted by atomic mass is 10.1. The molecule has 1 N–H and O–H groups in total. The van der Waals surface area contributed by atoms with E-state index in [0.29, 0.717) is 5.69 Å². The van der Waals surface area contributed by atoms with Crippen molar-refractivity contribution in [2.24, 2.45) is 0 Å². The number of hydrogen-bond acceptors (Lipinski definition) is 4. The molecule has 34 heavy (non-hydrogen) atoms. The number of sulfonamides is 1. The highest BCUT2D eigenvalue weighted by atomic mass is 79.9. The van der Waals surface area contributed by atoms with Gasteiger partial charge in [-0.3, -0.25) is 13.9 Å². The Labute approximate surface area is 211 Å². The van der Waals surface area contributed by atoms with Crippen molar-refractivity contribution >= 4 is 43.5 Å². The number of hydrogen-bond donors (Lipinski definition) is 1. The van der Waals surface area contributed by atoms with E-state index >= 15 is 0 Å². The largest absolute Gasteiger partial charge is 0.352 e. The highest BCUT2D eigenvalue weighted by Gasteiger charge is 2.31.